The lowest BCUT2D eigenvalue weighted by atomic mass is 9.94. The summed E-state index contributed by atoms with van der Waals surface area (Å²) in [4.78, 5) is 20.8. The minimum atomic E-state index is 0.116. The Labute approximate surface area is 126 Å². The second-order valence-corrected chi connectivity index (χ2v) is 6.21. The second-order valence-electron chi connectivity index (χ2n) is 6.21. The molecular formula is C15H26N4O2. The number of amides is 1. The van der Waals surface area contributed by atoms with Crippen molar-refractivity contribution in [2.24, 2.45) is 5.92 Å². The van der Waals surface area contributed by atoms with Gasteiger partial charge in [0.2, 0.25) is 11.8 Å². The Morgan fingerprint density at radius 3 is 2.43 bits per heavy atom. The van der Waals surface area contributed by atoms with Crippen LogP contribution >= 0.6 is 0 Å². The van der Waals surface area contributed by atoms with E-state index in [2.05, 4.69) is 22.0 Å². The van der Waals surface area contributed by atoms with E-state index in [1.165, 1.54) is 0 Å². The van der Waals surface area contributed by atoms with Gasteiger partial charge < -0.3 is 9.42 Å². The molecule has 1 aliphatic rings. The van der Waals surface area contributed by atoms with Crippen LogP contribution in [0, 0.1) is 12.8 Å². The molecule has 0 spiro atoms. The standard InChI is InChI=1S/C15H26N4O2/c1-10(2)18(5)15(20)13-6-8-19(9-7-13)11(3)14-16-12(4)17-21-14/h10-11,13H,6-9H2,1-5H3. The predicted molar refractivity (Wildman–Crippen MR) is 79.7 cm³/mol. The van der Waals surface area contributed by atoms with Gasteiger partial charge in [-0.25, -0.2) is 0 Å². The first-order valence-electron chi connectivity index (χ1n) is 7.71. The molecule has 1 unspecified atom stereocenters. The highest BCUT2D eigenvalue weighted by Gasteiger charge is 2.31. The van der Waals surface area contributed by atoms with Crippen molar-refractivity contribution in [1.29, 1.82) is 0 Å². The van der Waals surface area contributed by atoms with E-state index in [9.17, 15) is 4.79 Å². The van der Waals surface area contributed by atoms with Crippen molar-refractivity contribution in [3.8, 4) is 0 Å². The Morgan fingerprint density at radius 2 is 1.95 bits per heavy atom. The highest BCUT2D eigenvalue weighted by atomic mass is 16.5. The van der Waals surface area contributed by atoms with Crippen molar-refractivity contribution in [3.63, 3.8) is 0 Å². The van der Waals surface area contributed by atoms with Gasteiger partial charge in [-0.05, 0) is 53.6 Å². The van der Waals surface area contributed by atoms with E-state index < -0.39 is 0 Å². The third-order valence-electron chi connectivity index (χ3n) is 4.45. The molecular weight excluding hydrogens is 268 g/mol. The van der Waals surface area contributed by atoms with E-state index in [-0.39, 0.29) is 23.9 Å². The molecule has 6 nitrogen and oxygen atoms in total. The Hall–Kier alpha value is -1.43. The van der Waals surface area contributed by atoms with Crippen LogP contribution in [-0.2, 0) is 4.79 Å². The largest absolute Gasteiger partial charge is 0.343 e. The van der Waals surface area contributed by atoms with Crippen molar-refractivity contribution in [1.82, 2.24) is 19.9 Å². The summed E-state index contributed by atoms with van der Waals surface area (Å²) in [6.45, 7) is 9.79. The van der Waals surface area contributed by atoms with Crippen molar-refractivity contribution < 1.29 is 9.32 Å². The molecule has 1 atom stereocenters. The van der Waals surface area contributed by atoms with E-state index in [1.54, 1.807) is 0 Å². The van der Waals surface area contributed by atoms with Gasteiger partial charge in [-0.2, -0.15) is 4.98 Å². The first-order chi connectivity index (χ1) is 9.90. The molecule has 0 bridgehead atoms. The molecule has 1 amide bonds. The van der Waals surface area contributed by atoms with Crippen LogP contribution in [0.3, 0.4) is 0 Å². The Kier molecular flexibility index (Phi) is 4.98. The molecule has 1 fully saturated rings. The normalized spacial score (nSPS) is 19.0. The highest BCUT2D eigenvalue weighted by Crippen LogP contribution is 2.26. The van der Waals surface area contributed by atoms with Crippen molar-refractivity contribution in [3.05, 3.63) is 11.7 Å². The molecule has 0 aromatic carbocycles. The van der Waals surface area contributed by atoms with Gasteiger partial charge in [0, 0.05) is 19.0 Å². The molecule has 118 valence electrons. The molecule has 0 saturated carbocycles. The summed E-state index contributed by atoms with van der Waals surface area (Å²) in [5.74, 6) is 1.74. The number of hydrogen-bond acceptors (Lipinski definition) is 5. The lowest BCUT2D eigenvalue weighted by molar-refractivity contribution is -0.137. The van der Waals surface area contributed by atoms with Gasteiger partial charge in [0.25, 0.3) is 0 Å². The summed E-state index contributed by atoms with van der Waals surface area (Å²) in [7, 11) is 1.89. The summed E-state index contributed by atoms with van der Waals surface area (Å²) in [5, 5.41) is 3.84. The molecule has 1 aliphatic heterocycles. The minimum Gasteiger partial charge on any atom is -0.343 e. The number of aromatic nitrogens is 2. The molecule has 2 heterocycles. The maximum Gasteiger partial charge on any atom is 0.243 e. The number of piperidine rings is 1. The first kappa shape index (κ1) is 15.9. The number of likely N-dealkylation sites (tertiary alicyclic amines) is 1. The molecule has 1 aromatic rings. The molecule has 1 aromatic heterocycles. The summed E-state index contributed by atoms with van der Waals surface area (Å²) in [5.41, 5.74) is 0. The highest BCUT2D eigenvalue weighted by molar-refractivity contribution is 5.78. The quantitative estimate of drug-likeness (QED) is 0.850. The Morgan fingerprint density at radius 1 is 1.33 bits per heavy atom. The summed E-state index contributed by atoms with van der Waals surface area (Å²) in [6, 6.07) is 0.376. The zero-order valence-corrected chi connectivity index (χ0v) is 13.7. The molecule has 0 N–H and O–H groups in total. The van der Waals surface area contributed by atoms with Crippen molar-refractivity contribution in [2.45, 2.75) is 52.6 Å². The number of carbonyl (C=O) groups is 1. The fourth-order valence-electron chi connectivity index (χ4n) is 2.72. The van der Waals surface area contributed by atoms with Crippen LogP contribution in [0.2, 0.25) is 0 Å². The van der Waals surface area contributed by atoms with Gasteiger partial charge in [0.15, 0.2) is 5.82 Å². The zero-order valence-electron chi connectivity index (χ0n) is 13.7. The van der Waals surface area contributed by atoms with E-state index >= 15 is 0 Å². The van der Waals surface area contributed by atoms with E-state index in [4.69, 9.17) is 4.52 Å². The Balaban J connectivity index is 1.90. The third kappa shape index (κ3) is 3.61. The number of carbonyl (C=O) groups excluding carboxylic acids is 1. The van der Waals surface area contributed by atoms with Crippen LogP contribution < -0.4 is 0 Å². The SMILES string of the molecule is Cc1noc(C(C)N2CCC(C(=O)N(C)C(C)C)CC2)n1. The van der Waals surface area contributed by atoms with Crippen LogP contribution in [0.25, 0.3) is 0 Å². The lowest BCUT2D eigenvalue weighted by Crippen LogP contribution is -2.43. The third-order valence-corrected chi connectivity index (χ3v) is 4.45. The van der Waals surface area contributed by atoms with E-state index in [1.807, 2.05) is 32.7 Å². The zero-order chi connectivity index (χ0) is 15.6. The number of hydrogen-bond donors (Lipinski definition) is 0. The summed E-state index contributed by atoms with van der Waals surface area (Å²) < 4.78 is 5.25. The van der Waals surface area contributed by atoms with Crippen LogP contribution in [0.5, 0.6) is 0 Å². The monoisotopic (exact) mass is 294 g/mol. The lowest BCUT2D eigenvalue weighted by Gasteiger charge is -2.36. The topological polar surface area (TPSA) is 62.5 Å². The molecule has 1 saturated heterocycles. The van der Waals surface area contributed by atoms with Gasteiger partial charge in [-0.1, -0.05) is 5.16 Å². The fourth-order valence-corrected chi connectivity index (χ4v) is 2.72. The van der Waals surface area contributed by atoms with Crippen molar-refractivity contribution >= 4 is 5.91 Å². The van der Waals surface area contributed by atoms with Gasteiger partial charge in [0.1, 0.15) is 0 Å². The van der Waals surface area contributed by atoms with E-state index in [0.29, 0.717) is 11.7 Å². The first-order valence-corrected chi connectivity index (χ1v) is 7.71. The van der Waals surface area contributed by atoms with Crippen LogP contribution in [-0.4, -0.2) is 52.0 Å². The van der Waals surface area contributed by atoms with Gasteiger partial charge in [-0.15, -0.1) is 0 Å². The maximum atomic E-state index is 12.4. The molecule has 21 heavy (non-hydrogen) atoms. The van der Waals surface area contributed by atoms with Crippen LogP contribution in [0.1, 0.15) is 51.4 Å². The van der Waals surface area contributed by atoms with Gasteiger partial charge in [-0.3, -0.25) is 9.69 Å². The number of nitrogens with zero attached hydrogens (tertiary/aromatic N) is 4. The molecule has 0 aliphatic carbocycles. The van der Waals surface area contributed by atoms with Gasteiger partial charge in [0.05, 0.1) is 6.04 Å². The average molecular weight is 294 g/mol. The fraction of sp³-hybridized carbons (Fsp3) is 0.800. The molecule has 2 rings (SSSR count). The number of aryl methyl sites for hydroxylation is 1. The summed E-state index contributed by atoms with van der Waals surface area (Å²) in [6.07, 6.45) is 1.79. The smallest absolute Gasteiger partial charge is 0.243 e. The Bertz CT molecular complexity index is 478. The maximum absolute atomic E-state index is 12.4. The average Bonchev–Trinajstić information content (AvgIpc) is 2.91. The van der Waals surface area contributed by atoms with Crippen LogP contribution in [0.15, 0.2) is 4.52 Å². The van der Waals surface area contributed by atoms with E-state index in [0.717, 1.165) is 25.9 Å². The minimum absolute atomic E-state index is 0.116. The van der Waals surface area contributed by atoms with Crippen LogP contribution in [0.4, 0.5) is 0 Å². The summed E-state index contributed by atoms with van der Waals surface area (Å²) >= 11 is 0. The molecule has 6 heteroatoms. The second kappa shape index (κ2) is 6.56. The molecule has 0 radical (unpaired) electrons. The predicted octanol–water partition coefficient (Wildman–Crippen LogP) is 2.02. The number of rotatable bonds is 4. The van der Waals surface area contributed by atoms with Crippen molar-refractivity contribution in [2.75, 3.05) is 20.1 Å². The van der Waals surface area contributed by atoms with Gasteiger partial charge >= 0.3 is 0 Å².